The van der Waals surface area contributed by atoms with E-state index < -0.39 is 0 Å². The first kappa shape index (κ1) is 52.7. The van der Waals surface area contributed by atoms with Gasteiger partial charge >= 0.3 is 0 Å². The van der Waals surface area contributed by atoms with Crippen molar-refractivity contribution in [2.24, 2.45) is 16.8 Å². The van der Waals surface area contributed by atoms with Gasteiger partial charge in [0.1, 0.15) is 0 Å². The number of nitrogens with one attached hydrogen (secondary N) is 1. The van der Waals surface area contributed by atoms with E-state index in [2.05, 4.69) is 42.9 Å². The Bertz CT molecular complexity index is 788. The number of nitrogens with zero attached hydrogens (tertiary/aromatic N) is 4. The summed E-state index contributed by atoms with van der Waals surface area (Å²) >= 11 is 0. The first-order valence-corrected chi connectivity index (χ1v) is 24.6. The number of aliphatic imine (C=N–C) groups is 1. The summed E-state index contributed by atoms with van der Waals surface area (Å²) in [7, 11) is 3.89. The van der Waals surface area contributed by atoms with Gasteiger partial charge in [-0.25, -0.2) is 0 Å². The van der Waals surface area contributed by atoms with E-state index in [9.17, 15) is 0 Å². The molecule has 0 spiro atoms. The Balaban J connectivity index is 4.56. The lowest BCUT2D eigenvalue weighted by molar-refractivity contribution is 0.258. The van der Waals surface area contributed by atoms with Crippen LogP contribution in [0, 0.1) is 23.3 Å². The van der Waals surface area contributed by atoms with Gasteiger partial charge in [0.25, 0.3) is 0 Å². The molecule has 0 aromatic carbocycles. The molecule has 5 heteroatoms. The Labute approximate surface area is 341 Å². The molecule has 0 bridgehead atoms. The summed E-state index contributed by atoms with van der Waals surface area (Å²) in [5, 5.41) is 11.8. The number of unbranched alkanes of at least 4 members (excludes halogenated alkanes) is 23. The highest BCUT2D eigenvalue weighted by Crippen LogP contribution is 2.25. The highest BCUT2D eigenvalue weighted by molar-refractivity contribution is 5.80. The van der Waals surface area contributed by atoms with Crippen LogP contribution >= 0.6 is 0 Å². The lowest BCUT2D eigenvalue weighted by atomic mass is 9.89. The van der Waals surface area contributed by atoms with Gasteiger partial charge in [-0.05, 0) is 50.7 Å². The zero-order valence-electron chi connectivity index (χ0n) is 38.0. The minimum Gasteiger partial charge on any atom is -0.348 e. The predicted octanol–water partition coefficient (Wildman–Crippen LogP) is 15.2. The SMILES string of the molecule is CCCCCCCCC(CC)CCCCCCCN(CCCCCCCC(CCCCCCCC)CCCCCCCC)CCCN=C(NC#N)N(C)C. The quantitative estimate of drug-likeness (QED) is 0.0221. The highest BCUT2D eigenvalue weighted by atomic mass is 15.3. The Morgan fingerprint density at radius 2 is 0.796 bits per heavy atom. The van der Waals surface area contributed by atoms with Gasteiger partial charge in [0.05, 0.1) is 0 Å². The van der Waals surface area contributed by atoms with E-state index in [4.69, 9.17) is 5.26 Å². The van der Waals surface area contributed by atoms with Crippen molar-refractivity contribution in [3.63, 3.8) is 0 Å². The minimum atomic E-state index is 0.669. The molecule has 5 nitrogen and oxygen atoms in total. The van der Waals surface area contributed by atoms with Gasteiger partial charge in [-0.1, -0.05) is 233 Å². The van der Waals surface area contributed by atoms with Crippen LogP contribution in [-0.4, -0.2) is 56.0 Å². The summed E-state index contributed by atoms with van der Waals surface area (Å²) in [5.41, 5.74) is 0. The summed E-state index contributed by atoms with van der Waals surface area (Å²) in [4.78, 5) is 9.29. The van der Waals surface area contributed by atoms with Crippen LogP contribution in [0.3, 0.4) is 0 Å². The smallest absolute Gasteiger partial charge is 0.206 e. The Morgan fingerprint density at radius 1 is 0.463 bits per heavy atom. The molecule has 0 aliphatic carbocycles. The van der Waals surface area contributed by atoms with Crippen LogP contribution in [-0.2, 0) is 0 Å². The molecule has 320 valence electrons. The molecule has 0 fully saturated rings. The Kier molecular flexibility index (Phi) is 41.8. The van der Waals surface area contributed by atoms with Crippen molar-refractivity contribution in [3.05, 3.63) is 0 Å². The molecule has 0 aliphatic heterocycles. The third-order valence-electron chi connectivity index (χ3n) is 12.1. The highest BCUT2D eigenvalue weighted by Gasteiger charge is 2.10. The summed E-state index contributed by atoms with van der Waals surface area (Å²) in [5.74, 6) is 2.61. The lowest BCUT2D eigenvalue weighted by Crippen LogP contribution is -2.34. The normalized spacial score (nSPS) is 12.5. The van der Waals surface area contributed by atoms with Crippen molar-refractivity contribution in [1.29, 1.82) is 5.26 Å². The molecule has 0 amide bonds. The molecule has 0 heterocycles. The molecule has 1 N–H and O–H groups in total. The predicted molar refractivity (Wildman–Crippen MR) is 242 cm³/mol. The van der Waals surface area contributed by atoms with Crippen LogP contribution in [0.25, 0.3) is 0 Å². The second kappa shape index (κ2) is 42.9. The average Bonchev–Trinajstić information content (AvgIpc) is 3.17. The third kappa shape index (κ3) is 36.4. The van der Waals surface area contributed by atoms with Crippen molar-refractivity contribution in [2.45, 2.75) is 252 Å². The van der Waals surface area contributed by atoms with E-state index in [1.54, 1.807) is 0 Å². The molecule has 1 unspecified atom stereocenters. The van der Waals surface area contributed by atoms with Crippen LogP contribution in [0.1, 0.15) is 252 Å². The van der Waals surface area contributed by atoms with E-state index in [1.165, 1.54) is 231 Å². The first-order chi connectivity index (χ1) is 26.5. The largest absolute Gasteiger partial charge is 0.348 e. The molecule has 54 heavy (non-hydrogen) atoms. The number of hydrogen-bond donors (Lipinski definition) is 1. The molecule has 0 aromatic heterocycles. The number of hydrogen-bond acceptors (Lipinski definition) is 3. The molecule has 0 radical (unpaired) electrons. The zero-order valence-corrected chi connectivity index (χ0v) is 38.0. The van der Waals surface area contributed by atoms with Gasteiger partial charge in [0.15, 0.2) is 6.19 Å². The minimum absolute atomic E-state index is 0.669. The molecular formula is C49H99N5. The second-order valence-corrected chi connectivity index (χ2v) is 17.5. The summed E-state index contributed by atoms with van der Waals surface area (Å²) in [6, 6.07) is 0. The fourth-order valence-corrected chi connectivity index (χ4v) is 8.38. The summed E-state index contributed by atoms with van der Waals surface area (Å²) in [6.07, 6.45) is 51.5. The van der Waals surface area contributed by atoms with Crippen LogP contribution in [0.5, 0.6) is 0 Å². The third-order valence-corrected chi connectivity index (χ3v) is 12.1. The molecular weight excluding hydrogens is 659 g/mol. The van der Waals surface area contributed by atoms with Crippen LogP contribution in [0.15, 0.2) is 4.99 Å². The van der Waals surface area contributed by atoms with Gasteiger partial charge < -0.3 is 9.80 Å². The van der Waals surface area contributed by atoms with E-state index in [-0.39, 0.29) is 0 Å². The van der Waals surface area contributed by atoms with E-state index in [0.717, 1.165) is 31.3 Å². The van der Waals surface area contributed by atoms with Crippen LogP contribution in [0.2, 0.25) is 0 Å². The monoisotopic (exact) mass is 758 g/mol. The fraction of sp³-hybridized carbons (Fsp3) is 0.959. The Hall–Kier alpha value is -1.28. The first-order valence-electron chi connectivity index (χ1n) is 24.6. The number of nitriles is 1. The van der Waals surface area contributed by atoms with Crippen molar-refractivity contribution < 1.29 is 0 Å². The number of rotatable bonds is 42. The molecule has 0 rings (SSSR count). The van der Waals surface area contributed by atoms with Crippen molar-refractivity contribution in [2.75, 3.05) is 40.3 Å². The standard InChI is InChI=1S/C49H99N5/c1-7-11-14-17-22-29-37-47(10-4)38-30-25-20-27-34-43-54(45-36-42-51-49(52-46-50)53(5)6)44-35-28-21-26-33-41-48(39-31-23-18-15-12-8-2)40-32-24-19-16-13-9-3/h47-48H,7-45H2,1-6H3,(H,51,52). The second-order valence-electron chi connectivity index (χ2n) is 17.5. The molecule has 1 atom stereocenters. The van der Waals surface area contributed by atoms with E-state index >= 15 is 0 Å². The van der Waals surface area contributed by atoms with Crippen LogP contribution in [0.4, 0.5) is 0 Å². The van der Waals surface area contributed by atoms with Crippen molar-refractivity contribution in [3.8, 4) is 6.19 Å². The van der Waals surface area contributed by atoms with Crippen molar-refractivity contribution >= 4 is 5.96 Å². The summed E-state index contributed by atoms with van der Waals surface area (Å²) in [6.45, 7) is 13.7. The van der Waals surface area contributed by atoms with E-state index in [0.29, 0.717) is 5.96 Å². The van der Waals surface area contributed by atoms with Gasteiger partial charge in [-0.3, -0.25) is 10.3 Å². The maximum atomic E-state index is 9.07. The van der Waals surface area contributed by atoms with Gasteiger partial charge in [-0.15, -0.1) is 0 Å². The zero-order chi connectivity index (χ0) is 39.6. The van der Waals surface area contributed by atoms with Gasteiger partial charge in [0, 0.05) is 20.6 Å². The van der Waals surface area contributed by atoms with Gasteiger partial charge in [0.2, 0.25) is 5.96 Å². The lowest BCUT2D eigenvalue weighted by Gasteiger charge is -2.22. The Morgan fingerprint density at radius 3 is 1.15 bits per heavy atom. The molecule has 0 aromatic rings. The molecule has 0 saturated heterocycles. The van der Waals surface area contributed by atoms with Gasteiger partial charge in [-0.2, -0.15) is 5.26 Å². The van der Waals surface area contributed by atoms with Crippen LogP contribution < -0.4 is 5.32 Å². The molecule has 0 saturated carbocycles. The maximum Gasteiger partial charge on any atom is 0.206 e. The fourth-order valence-electron chi connectivity index (χ4n) is 8.38. The summed E-state index contributed by atoms with van der Waals surface area (Å²) < 4.78 is 0. The maximum absolute atomic E-state index is 9.07. The molecule has 0 aliphatic rings. The van der Waals surface area contributed by atoms with Crippen molar-refractivity contribution in [1.82, 2.24) is 15.1 Å². The topological polar surface area (TPSA) is 54.7 Å². The average molecular weight is 758 g/mol. The number of guanidine groups is 1. The van der Waals surface area contributed by atoms with E-state index in [1.807, 2.05) is 25.2 Å².